The van der Waals surface area contributed by atoms with Gasteiger partial charge in [0.25, 0.3) is 0 Å². The molecule has 0 bridgehead atoms. The van der Waals surface area contributed by atoms with Gasteiger partial charge in [-0.2, -0.15) is 0 Å². The summed E-state index contributed by atoms with van der Waals surface area (Å²) in [6, 6.07) is 20.9. The predicted molar refractivity (Wildman–Crippen MR) is 69.6 cm³/mol. The topological polar surface area (TPSA) is 0 Å². The second-order valence-electron chi connectivity index (χ2n) is 3.37. The van der Waals surface area contributed by atoms with E-state index in [0.29, 0.717) is 0 Å². The van der Waals surface area contributed by atoms with Crippen LogP contribution in [0.25, 0.3) is 0 Å². The van der Waals surface area contributed by atoms with E-state index in [1.165, 1.54) is 10.4 Å². The monoisotopic (exact) mass is 432 g/mol. The molecule has 0 saturated carbocycles. The predicted octanol–water partition coefficient (Wildman–Crippen LogP) is 2.72. The van der Waals surface area contributed by atoms with Crippen LogP contribution in [0.1, 0.15) is 0 Å². The summed E-state index contributed by atoms with van der Waals surface area (Å²) < 4.78 is 0. The SMILES string of the molecule is [Cl][Hf]([Cl])=[Si](c1ccccc1)c1ccccc1. The van der Waals surface area contributed by atoms with E-state index in [2.05, 4.69) is 48.5 Å². The van der Waals surface area contributed by atoms with Gasteiger partial charge in [0.1, 0.15) is 0 Å². The summed E-state index contributed by atoms with van der Waals surface area (Å²) in [5.41, 5.74) is -0.873. The molecule has 0 N–H and O–H groups in total. The Morgan fingerprint density at radius 2 is 1.06 bits per heavy atom. The van der Waals surface area contributed by atoms with E-state index in [4.69, 9.17) is 17.2 Å². The molecule has 0 spiro atoms. The van der Waals surface area contributed by atoms with Crippen LogP contribution in [0.2, 0.25) is 0 Å². The van der Waals surface area contributed by atoms with E-state index in [0.717, 1.165) is 0 Å². The molecule has 0 saturated heterocycles. The van der Waals surface area contributed by atoms with E-state index in [1.807, 2.05) is 12.1 Å². The van der Waals surface area contributed by atoms with Crippen LogP contribution in [-0.2, 0) is 17.7 Å². The van der Waals surface area contributed by atoms with Crippen molar-refractivity contribution >= 4 is 33.0 Å². The Morgan fingerprint density at radius 3 is 1.38 bits per heavy atom. The summed E-state index contributed by atoms with van der Waals surface area (Å²) in [6.07, 6.45) is 0. The average Bonchev–Trinajstić information content (AvgIpc) is 2.31. The van der Waals surface area contributed by atoms with Gasteiger partial charge in [0.2, 0.25) is 0 Å². The first-order chi connectivity index (χ1) is 7.79. The van der Waals surface area contributed by atoms with Gasteiger partial charge in [0.15, 0.2) is 0 Å². The molecule has 2 aromatic rings. The van der Waals surface area contributed by atoms with Crippen molar-refractivity contribution in [2.75, 3.05) is 0 Å². The van der Waals surface area contributed by atoms with Gasteiger partial charge in [-0.05, 0) is 0 Å². The van der Waals surface area contributed by atoms with E-state index in [1.54, 1.807) is 0 Å². The fourth-order valence-electron chi connectivity index (χ4n) is 1.59. The van der Waals surface area contributed by atoms with Gasteiger partial charge in [-0.25, -0.2) is 0 Å². The number of halogens is 2. The van der Waals surface area contributed by atoms with Crippen molar-refractivity contribution in [1.82, 2.24) is 0 Å². The van der Waals surface area contributed by atoms with Crippen molar-refractivity contribution in [2.24, 2.45) is 0 Å². The molecule has 0 fully saturated rings. The second-order valence-corrected chi connectivity index (χ2v) is 29.6. The Bertz CT molecular complexity index is 451. The Kier molecular flexibility index (Phi) is 4.83. The van der Waals surface area contributed by atoms with E-state index < -0.39 is 23.2 Å². The van der Waals surface area contributed by atoms with Crippen molar-refractivity contribution < 1.29 is 17.7 Å². The van der Waals surface area contributed by atoms with Crippen LogP contribution in [0.4, 0.5) is 0 Å². The van der Waals surface area contributed by atoms with Gasteiger partial charge in [0, 0.05) is 0 Å². The van der Waals surface area contributed by atoms with Crippen molar-refractivity contribution in [3.63, 3.8) is 0 Å². The maximum atomic E-state index is 6.34. The third kappa shape index (κ3) is 3.07. The summed E-state index contributed by atoms with van der Waals surface area (Å²) in [4.78, 5) is 0. The quantitative estimate of drug-likeness (QED) is 0.642. The average molecular weight is 432 g/mol. The minimum atomic E-state index is -2.41. The molecular weight excluding hydrogens is 422 g/mol. The molecule has 80 valence electrons. The van der Waals surface area contributed by atoms with Crippen LogP contribution >= 0.6 is 17.2 Å². The molecule has 2 aromatic carbocycles. The van der Waals surface area contributed by atoms with Gasteiger partial charge in [0.05, 0.1) is 0 Å². The van der Waals surface area contributed by atoms with Crippen LogP contribution in [0.15, 0.2) is 60.7 Å². The molecule has 4 heteroatoms. The fraction of sp³-hybridized carbons (Fsp3) is 0. The van der Waals surface area contributed by atoms with Crippen LogP contribution in [0.3, 0.4) is 0 Å². The molecule has 16 heavy (non-hydrogen) atoms. The molecule has 0 amide bonds. The van der Waals surface area contributed by atoms with Crippen molar-refractivity contribution in [3.8, 4) is 0 Å². The summed E-state index contributed by atoms with van der Waals surface area (Å²) in [7, 11) is 12.7. The zero-order valence-corrected chi connectivity index (χ0v) is 14.6. The molecule has 0 atom stereocenters. The molecule has 0 heterocycles. The van der Waals surface area contributed by atoms with Gasteiger partial charge in [-0.15, -0.1) is 0 Å². The van der Waals surface area contributed by atoms with Crippen LogP contribution in [0.5, 0.6) is 0 Å². The first-order valence-corrected chi connectivity index (χ1v) is 20.7. The fourth-order valence-corrected chi connectivity index (χ4v) is 22.4. The Hall–Kier alpha value is 0.107. The molecule has 0 aliphatic heterocycles. The second kappa shape index (κ2) is 6.15. The normalized spacial score (nSPS) is 9.88. The summed E-state index contributed by atoms with van der Waals surface area (Å²) in [5.74, 6) is 0. The third-order valence-electron chi connectivity index (χ3n) is 2.31. The van der Waals surface area contributed by atoms with Gasteiger partial charge < -0.3 is 0 Å². The molecule has 0 aliphatic rings. The standard InChI is InChI=1S/C12H10Si.2ClH.Hf/c1-3-7-11(8-4-1)13-12-9-5-2-6-10-12;;;/h1-10H;2*1H;/q;;;+2/p-2. The Morgan fingerprint density at radius 1 is 0.688 bits per heavy atom. The van der Waals surface area contributed by atoms with Gasteiger partial charge in [-0.1, -0.05) is 0 Å². The van der Waals surface area contributed by atoms with Crippen molar-refractivity contribution in [3.05, 3.63) is 60.7 Å². The Balaban J connectivity index is 2.54. The molecule has 0 unspecified atom stereocenters. The summed E-state index contributed by atoms with van der Waals surface area (Å²) >= 11 is -2.41. The third-order valence-corrected chi connectivity index (χ3v) is 24.1. The van der Waals surface area contributed by atoms with Crippen LogP contribution in [0, 0.1) is 0 Å². The Labute approximate surface area is 110 Å². The number of hydrogen-bond donors (Lipinski definition) is 0. The molecule has 0 aliphatic carbocycles. The van der Waals surface area contributed by atoms with E-state index in [9.17, 15) is 0 Å². The molecule has 0 nitrogen and oxygen atoms in total. The first-order valence-electron chi connectivity index (χ1n) is 4.95. The van der Waals surface area contributed by atoms with E-state index in [-0.39, 0.29) is 0 Å². The van der Waals surface area contributed by atoms with E-state index >= 15 is 0 Å². The number of benzene rings is 2. The first kappa shape index (κ1) is 12.6. The van der Waals surface area contributed by atoms with Crippen molar-refractivity contribution in [2.45, 2.75) is 0 Å². The molecule has 0 radical (unpaired) electrons. The molecule has 2 rings (SSSR count). The zero-order valence-electron chi connectivity index (χ0n) is 8.53. The summed E-state index contributed by atoms with van der Waals surface area (Å²) in [6.45, 7) is 0. The zero-order chi connectivity index (χ0) is 11.4. The van der Waals surface area contributed by atoms with Crippen LogP contribution in [-0.4, -0.2) is 5.49 Å². The summed E-state index contributed by atoms with van der Waals surface area (Å²) in [5, 5.41) is 2.68. The van der Waals surface area contributed by atoms with Gasteiger partial charge in [-0.3, -0.25) is 0 Å². The van der Waals surface area contributed by atoms with Crippen LogP contribution < -0.4 is 10.4 Å². The number of rotatable bonds is 2. The number of hydrogen-bond acceptors (Lipinski definition) is 0. The van der Waals surface area contributed by atoms with Gasteiger partial charge >= 0.3 is 111 Å². The molecular formula is C12H10Cl2HfSi. The van der Waals surface area contributed by atoms with Crippen molar-refractivity contribution in [1.29, 1.82) is 0 Å². The molecule has 0 aromatic heterocycles. The maximum absolute atomic E-state index is 6.34. The minimum absolute atomic E-state index is 0.873.